The van der Waals surface area contributed by atoms with Crippen LogP contribution in [0.15, 0.2) is 88.3 Å². The minimum Gasteiger partial charge on any atom is -0.444 e. The predicted octanol–water partition coefficient (Wildman–Crippen LogP) is 8.27. The van der Waals surface area contributed by atoms with E-state index in [4.69, 9.17) is 9.73 Å². The summed E-state index contributed by atoms with van der Waals surface area (Å²) < 4.78 is 5.69. The summed E-state index contributed by atoms with van der Waals surface area (Å²) in [6.45, 7) is 27.5. The molecule has 2 rings (SSSR count). The molecular weight excluding hydrogens is 496 g/mol. The van der Waals surface area contributed by atoms with Gasteiger partial charge in [0.2, 0.25) is 0 Å². The maximum Gasteiger partial charge on any atom is 0.410 e. The first kappa shape index (κ1) is 32.6. The van der Waals surface area contributed by atoms with Gasteiger partial charge in [-0.2, -0.15) is 5.26 Å². The third-order valence-corrected chi connectivity index (χ3v) is 6.60. The van der Waals surface area contributed by atoms with Crippen molar-refractivity contribution in [1.29, 1.82) is 5.26 Å². The molecule has 0 spiro atoms. The van der Waals surface area contributed by atoms with Crippen LogP contribution in [-0.4, -0.2) is 47.5 Å². The first-order valence-corrected chi connectivity index (χ1v) is 14.2. The highest BCUT2D eigenvalue weighted by atomic mass is 16.6. The number of nitrogens with zero attached hydrogens (tertiary/aromatic N) is 4. The molecule has 1 aliphatic heterocycles. The summed E-state index contributed by atoms with van der Waals surface area (Å²) in [5.41, 5.74) is 6.21. The Kier molecular flexibility index (Phi) is 11.5. The number of carbonyl (C=O) groups excluding carboxylic acids is 1. The summed E-state index contributed by atoms with van der Waals surface area (Å²) in [7, 11) is 1.80. The van der Waals surface area contributed by atoms with Crippen molar-refractivity contribution in [3.8, 4) is 6.07 Å². The highest BCUT2D eigenvalue weighted by molar-refractivity contribution is 6.08. The van der Waals surface area contributed by atoms with Crippen molar-refractivity contribution in [3.05, 3.63) is 83.3 Å². The van der Waals surface area contributed by atoms with Gasteiger partial charge < -0.3 is 14.5 Å². The fourth-order valence-electron chi connectivity index (χ4n) is 4.68. The van der Waals surface area contributed by atoms with Crippen molar-refractivity contribution < 1.29 is 9.53 Å². The number of aliphatic imine (C=N–C) groups is 1. The molecule has 6 heteroatoms. The maximum atomic E-state index is 13.0. The molecule has 0 atom stereocenters. The van der Waals surface area contributed by atoms with Gasteiger partial charge in [-0.05, 0) is 94.6 Å². The van der Waals surface area contributed by atoms with Crippen LogP contribution >= 0.6 is 0 Å². The van der Waals surface area contributed by atoms with Crippen LogP contribution in [0, 0.1) is 23.2 Å². The van der Waals surface area contributed by atoms with Crippen LogP contribution in [-0.2, 0) is 4.74 Å². The van der Waals surface area contributed by atoms with Gasteiger partial charge in [-0.1, -0.05) is 38.7 Å². The van der Waals surface area contributed by atoms with E-state index in [1.807, 2.05) is 46.8 Å². The van der Waals surface area contributed by atoms with E-state index in [-0.39, 0.29) is 6.09 Å². The number of hydrogen-bond donors (Lipinski definition) is 0. The lowest BCUT2D eigenvalue weighted by molar-refractivity contribution is 0.0231. The molecule has 0 aromatic carbocycles. The van der Waals surface area contributed by atoms with Gasteiger partial charge in [0, 0.05) is 49.6 Å². The Morgan fingerprint density at radius 1 is 1.27 bits per heavy atom. The maximum absolute atomic E-state index is 13.0. The van der Waals surface area contributed by atoms with Crippen LogP contribution in [0.5, 0.6) is 0 Å². The second kappa shape index (κ2) is 14.2. The second-order valence-corrected chi connectivity index (χ2v) is 12.1. The van der Waals surface area contributed by atoms with E-state index in [1.165, 1.54) is 5.57 Å². The molecule has 6 nitrogen and oxygen atoms in total. The summed E-state index contributed by atoms with van der Waals surface area (Å²) in [4.78, 5) is 21.6. The van der Waals surface area contributed by atoms with E-state index < -0.39 is 5.60 Å². The predicted molar refractivity (Wildman–Crippen MR) is 167 cm³/mol. The van der Waals surface area contributed by atoms with Crippen LogP contribution in [0.3, 0.4) is 0 Å². The molecule has 0 saturated heterocycles. The van der Waals surface area contributed by atoms with Crippen molar-refractivity contribution in [2.45, 2.75) is 79.8 Å². The Labute approximate surface area is 242 Å². The quantitative estimate of drug-likeness (QED) is 0.141. The third kappa shape index (κ3) is 8.98. The molecule has 1 amide bonds. The molecule has 40 heavy (non-hydrogen) atoms. The van der Waals surface area contributed by atoms with Crippen LogP contribution in [0.4, 0.5) is 4.79 Å². The van der Waals surface area contributed by atoms with E-state index in [1.54, 1.807) is 18.0 Å². The van der Waals surface area contributed by atoms with Gasteiger partial charge in [-0.3, -0.25) is 4.99 Å². The molecule has 1 saturated carbocycles. The lowest BCUT2D eigenvalue weighted by Gasteiger charge is -2.29. The molecule has 1 heterocycles. The summed E-state index contributed by atoms with van der Waals surface area (Å²) in [6, 6.07) is 2.23. The normalized spacial score (nSPS) is 18.4. The molecule has 0 aromatic rings. The van der Waals surface area contributed by atoms with Crippen molar-refractivity contribution >= 4 is 11.9 Å². The lowest BCUT2D eigenvalue weighted by atomic mass is 9.88. The van der Waals surface area contributed by atoms with E-state index >= 15 is 0 Å². The van der Waals surface area contributed by atoms with Gasteiger partial charge >= 0.3 is 6.09 Å². The SMILES string of the molecule is C=CC/C(C#N)=C\C=C(/C)N1C=C(C2CC2)/C(=C(/C(=C)C)C(=C)CCN(CC(C)C)C(=O)OC(C)(C)C)C1=NC. The Balaban J connectivity index is 2.46. The summed E-state index contributed by atoms with van der Waals surface area (Å²) in [6.07, 6.45) is 10.8. The average Bonchev–Trinajstić information content (AvgIpc) is 3.63. The van der Waals surface area contributed by atoms with E-state index in [9.17, 15) is 10.1 Å². The first-order chi connectivity index (χ1) is 18.7. The van der Waals surface area contributed by atoms with Crippen LogP contribution in [0.1, 0.15) is 74.1 Å². The topological polar surface area (TPSA) is 68.9 Å². The van der Waals surface area contributed by atoms with E-state index in [0.717, 1.165) is 46.7 Å². The van der Waals surface area contributed by atoms with Crippen molar-refractivity contribution in [3.63, 3.8) is 0 Å². The largest absolute Gasteiger partial charge is 0.444 e. The zero-order chi connectivity index (χ0) is 30.2. The zero-order valence-electron chi connectivity index (χ0n) is 25.9. The van der Waals surface area contributed by atoms with E-state index in [0.29, 0.717) is 43.3 Å². The number of ether oxygens (including phenoxy) is 1. The zero-order valence-corrected chi connectivity index (χ0v) is 25.9. The molecule has 1 fully saturated rings. The molecule has 216 valence electrons. The Morgan fingerprint density at radius 2 is 1.93 bits per heavy atom. The Bertz CT molecular complexity index is 1210. The van der Waals surface area contributed by atoms with Crippen LogP contribution in [0.2, 0.25) is 0 Å². The Morgan fingerprint density at radius 3 is 2.40 bits per heavy atom. The highest BCUT2D eigenvalue weighted by Crippen LogP contribution is 2.47. The van der Waals surface area contributed by atoms with Crippen molar-refractivity contribution in [2.75, 3.05) is 20.1 Å². The lowest BCUT2D eigenvalue weighted by Crippen LogP contribution is -2.39. The fraction of sp³-hybridized carbons (Fsp3) is 0.500. The Hall–Kier alpha value is -3.59. The smallest absolute Gasteiger partial charge is 0.410 e. The molecule has 0 bridgehead atoms. The van der Waals surface area contributed by atoms with Gasteiger partial charge in [0.1, 0.15) is 11.4 Å². The number of allylic oxidation sites excluding steroid dienone is 7. The standard InChI is InChI=1S/C34H48N4O2/c1-12-13-27(20-35)15-14-26(7)38-22-29(28-16-17-28)31(32(38)36-11)30(24(4)5)25(6)18-19-37(21-23(2)3)33(39)40-34(8,9)10/h12,14-15,22-23,28H,1,4,6,13,16-19,21H2,2-3,5,7-11H3/b26-14+,27-15+,31-30+,36-32?. The molecular formula is C34H48N4O2. The molecule has 0 aromatic heterocycles. The number of amides is 1. The fourth-order valence-corrected chi connectivity index (χ4v) is 4.68. The summed E-state index contributed by atoms with van der Waals surface area (Å²) >= 11 is 0. The molecule has 0 unspecified atom stereocenters. The average molecular weight is 545 g/mol. The van der Waals surface area contributed by atoms with Gasteiger partial charge in [0.25, 0.3) is 0 Å². The molecule has 0 N–H and O–H groups in total. The first-order valence-electron chi connectivity index (χ1n) is 14.2. The number of carbonyl (C=O) groups is 1. The monoisotopic (exact) mass is 544 g/mol. The third-order valence-electron chi connectivity index (χ3n) is 6.60. The number of nitriles is 1. The number of hydrogen-bond acceptors (Lipinski definition) is 4. The minimum absolute atomic E-state index is 0.304. The van der Waals surface area contributed by atoms with Gasteiger partial charge in [0.05, 0.1) is 6.07 Å². The van der Waals surface area contributed by atoms with Crippen LogP contribution in [0.25, 0.3) is 0 Å². The highest BCUT2D eigenvalue weighted by Gasteiger charge is 2.38. The number of rotatable bonds is 12. The van der Waals surface area contributed by atoms with Crippen molar-refractivity contribution in [2.24, 2.45) is 16.8 Å². The molecule has 1 aliphatic carbocycles. The van der Waals surface area contributed by atoms with Gasteiger partial charge in [-0.25, -0.2) is 4.79 Å². The summed E-state index contributed by atoms with van der Waals surface area (Å²) in [5, 5.41) is 9.42. The van der Waals surface area contributed by atoms with Gasteiger partial charge in [0.15, 0.2) is 0 Å². The minimum atomic E-state index is -0.557. The van der Waals surface area contributed by atoms with Crippen molar-refractivity contribution in [1.82, 2.24) is 9.80 Å². The second-order valence-electron chi connectivity index (χ2n) is 12.1. The van der Waals surface area contributed by atoms with Gasteiger partial charge in [-0.15, -0.1) is 6.58 Å². The van der Waals surface area contributed by atoms with E-state index in [2.05, 4.69) is 50.8 Å². The molecule has 2 aliphatic rings. The summed E-state index contributed by atoms with van der Waals surface area (Å²) in [5.74, 6) is 1.62. The molecule has 0 radical (unpaired) electrons. The van der Waals surface area contributed by atoms with Crippen LogP contribution < -0.4 is 0 Å². The number of amidine groups is 1.